The number of carbonyl (C=O) groups is 1. The molecule has 1 unspecified atom stereocenters. The first-order valence-corrected chi connectivity index (χ1v) is 13.0. The minimum Gasteiger partial charge on any atom is -0.489 e. The number of rotatable bonds is 9. The number of thiophene rings is 1. The molecule has 182 valence electrons. The van der Waals surface area contributed by atoms with Gasteiger partial charge in [0, 0.05) is 29.4 Å². The molecule has 1 N–H and O–H groups in total. The molecule has 4 nitrogen and oxygen atoms in total. The molecule has 4 rings (SSSR count). The van der Waals surface area contributed by atoms with Gasteiger partial charge in [-0.2, -0.15) is 0 Å². The molecule has 2 aromatic carbocycles. The van der Waals surface area contributed by atoms with Crippen molar-refractivity contribution >= 4 is 17.3 Å². The van der Waals surface area contributed by atoms with Gasteiger partial charge in [0.15, 0.2) is 0 Å². The highest BCUT2D eigenvalue weighted by molar-refractivity contribution is 7.12. The Morgan fingerprint density at radius 1 is 1.14 bits per heavy atom. The Morgan fingerprint density at radius 3 is 2.63 bits per heavy atom. The molecule has 35 heavy (non-hydrogen) atoms. The highest BCUT2D eigenvalue weighted by Gasteiger charge is 2.20. The van der Waals surface area contributed by atoms with Gasteiger partial charge in [-0.25, -0.2) is 0 Å². The van der Waals surface area contributed by atoms with Crippen LogP contribution >= 0.6 is 11.3 Å². The monoisotopic (exact) mass is 487 g/mol. The summed E-state index contributed by atoms with van der Waals surface area (Å²) in [4.78, 5) is 16.7. The number of fused-ring (bicyclic) bond motifs is 1. The van der Waals surface area contributed by atoms with Crippen molar-refractivity contribution in [2.75, 3.05) is 6.54 Å². The van der Waals surface area contributed by atoms with Crippen LogP contribution in [-0.4, -0.2) is 22.5 Å². The van der Waals surface area contributed by atoms with E-state index in [1.165, 1.54) is 16.0 Å². The van der Waals surface area contributed by atoms with E-state index in [0.29, 0.717) is 12.5 Å². The average Bonchev–Trinajstić information content (AvgIpc) is 3.27. The highest BCUT2D eigenvalue weighted by atomic mass is 32.1. The first kappa shape index (κ1) is 25.0. The predicted molar refractivity (Wildman–Crippen MR) is 142 cm³/mol. The van der Waals surface area contributed by atoms with Gasteiger partial charge in [0.25, 0.3) is 0 Å². The zero-order valence-electron chi connectivity index (χ0n) is 20.7. The van der Waals surface area contributed by atoms with Crippen LogP contribution in [0.3, 0.4) is 0 Å². The van der Waals surface area contributed by atoms with E-state index in [-0.39, 0.29) is 12.3 Å². The van der Waals surface area contributed by atoms with Gasteiger partial charge in [0.05, 0.1) is 12.3 Å². The average molecular weight is 488 g/mol. The number of ether oxygens (including phenoxy) is 1. The molecule has 0 spiro atoms. The predicted octanol–water partition coefficient (Wildman–Crippen LogP) is 6.59. The summed E-state index contributed by atoms with van der Waals surface area (Å²) in [7, 11) is 0. The quantitative estimate of drug-likeness (QED) is 0.346. The van der Waals surface area contributed by atoms with Gasteiger partial charge in [0.1, 0.15) is 12.4 Å². The second-order valence-corrected chi connectivity index (χ2v) is 10.6. The van der Waals surface area contributed by atoms with Crippen LogP contribution in [0, 0.1) is 11.8 Å². The SMILES string of the molecule is CC#CC(CC(=O)O)c1ccc(OCc2cccc(CN3CCc4sc(C(C)C)cc4C3)c2)cc1. The lowest BCUT2D eigenvalue weighted by atomic mass is 9.96. The van der Waals surface area contributed by atoms with Crippen molar-refractivity contribution in [2.45, 2.75) is 65.1 Å². The zero-order valence-corrected chi connectivity index (χ0v) is 21.5. The van der Waals surface area contributed by atoms with Crippen molar-refractivity contribution in [3.8, 4) is 17.6 Å². The lowest BCUT2D eigenvalue weighted by Gasteiger charge is -2.27. The molecule has 0 saturated heterocycles. The minimum absolute atomic E-state index is 0.00252. The van der Waals surface area contributed by atoms with Crippen LogP contribution in [0.4, 0.5) is 0 Å². The summed E-state index contributed by atoms with van der Waals surface area (Å²) in [6.07, 6.45) is 1.14. The summed E-state index contributed by atoms with van der Waals surface area (Å²) in [5.74, 6) is 6.02. The van der Waals surface area contributed by atoms with Gasteiger partial charge in [-0.3, -0.25) is 9.69 Å². The molecule has 1 aliphatic heterocycles. The first-order chi connectivity index (χ1) is 16.9. The Morgan fingerprint density at radius 2 is 1.91 bits per heavy atom. The Bertz CT molecular complexity index is 1220. The number of carboxylic acids is 1. The number of nitrogens with zero attached hydrogens (tertiary/aromatic N) is 1. The van der Waals surface area contributed by atoms with E-state index < -0.39 is 5.97 Å². The van der Waals surface area contributed by atoms with E-state index in [0.717, 1.165) is 42.9 Å². The summed E-state index contributed by atoms with van der Waals surface area (Å²) >= 11 is 1.99. The Balaban J connectivity index is 1.34. The normalized spacial score (nSPS) is 14.2. The Kier molecular flexibility index (Phi) is 8.28. The lowest BCUT2D eigenvalue weighted by Crippen LogP contribution is -2.29. The molecule has 0 saturated carbocycles. The molecule has 1 aliphatic rings. The number of hydrogen-bond donors (Lipinski definition) is 1. The molecule has 0 radical (unpaired) electrons. The molecule has 3 aromatic rings. The smallest absolute Gasteiger partial charge is 0.304 e. The van der Waals surface area contributed by atoms with E-state index in [9.17, 15) is 4.79 Å². The lowest BCUT2D eigenvalue weighted by molar-refractivity contribution is -0.137. The first-order valence-electron chi connectivity index (χ1n) is 12.2. The van der Waals surface area contributed by atoms with Crippen LogP contribution in [0.2, 0.25) is 0 Å². The number of benzene rings is 2. The van der Waals surface area contributed by atoms with Gasteiger partial charge in [0.2, 0.25) is 0 Å². The number of carboxylic acid groups (broad SMARTS) is 1. The van der Waals surface area contributed by atoms with E-state index >= 15 is 0 Å². The molecule has 2 heterocycles. The van der Waals surface area contributed by atoms with Crippen LogP contribution in [-0.2, 0) is 30.9 Å². The van der Waals surface area contributed by atoms with E-state index in [4.69, 9.17) is 9.84 Å². The van der Waals surface area contributed by atoms with Gasteiger partial charge < -0.3 is 9.84 Å². The Labute approximate surface area is 212 Å². The highest BCUT2D eigenvalue weighted by Crippen LogP contribution is 2.32. The molecule has 0 amide bonds. The van der Waals surface area contributed by atoms with Crippen molar-refractivity contribution in [2.24, 2.45) is 0 Å². The fourth-order valence-electron chi connectivity index (χ4n) is 4.47. The largest absolute Gasteiger partial charge is 0.489 e. The van der Waals surface area contributed by atoms with E-state index in [1.54, 1.807) is 11.8 Å². The van der Waals surface area contributed by atoms with Crippen LogP contribution in [0.1, 0.15) is 71.0 Å². The second-order valence-electron chi connectivity index (χ2n) is 9.43. The van der Waals surface area contributed by atoms with Crippen LogP contribution < -0.4 is 4.74 Å². The Hall–Kier alpha value is -3.07. The molecule has 0 aliphatic carbocycles. The summed E-state index contributed by atoms with van der Waals surface area (Å²) < 4.78 is 6.02. The van der Waals surface area contributed by atoms with E-state index in [1.807, 2.05) is 35.6 Å². The van der Waals surface area contributed by atoms with Crippen molar-refractivity contribution in [1.82, 2.24) is 4.90 Å². The van der Waals surface area contributed by atoms with Crippen LogP contribution in [0.15, 0.2) is 54.6 Å². The van der Waals surface area contributed by atoms with Gasteiger partial charge in [-0.1, -0.05) is 56.2 Å². The summed E-state index contributed by atoms with van der Waals surface area (Å²) in [6.45, 7) is 9.84. The summed E-state index contributed by atoms with van der Waals surface area (Å²) in [5, 5.41) is 9.13. The number of hydrogen-bond acceptors (Lipinski definition) is 4. The van der Waals surface area contributed by atoms with Crippen LogP contribution in [0.5, 0.6) is 5.75 Å². The standard InChI is InChI=1S/C30H33NO3S/c1-4-6-25(17-30(32)33)24-9-11-27(12-10-24)34-20-23-8-5-7-22(15-23)18-31-14-13-28-26(19-31)16-29(35-28)21(2)3/h5,7-12,15-16,21,25H,13-14,17-20H2,1-3H3,(H,32,33). The zero-order chi connectivity index (χ0) is 24.8. The maximum absolute atomic E-state index is 11.1. The number of aliphatic carboxylic acids is 1. The third-order valence-corrected chi connectivity index (χ3v) is 7.85. The maximum Gasteiger partial charge on any atom is 0.304 e. The molecule has 0 bridgehead atoms. The van der Waals surface area contributed by atoms with Crippen LogP contribution in [0.25, 0.3) is 0 Å². The fourth-order valence-corrected chi connectivity index (χ4v) is 5.64. The third-order valence-electron chi connectivity index (χ3n) is 6.32. The maximum atomic E-state index is 11.1. The minimum atomic E-state index is -0.849. The fraction of sp³-hybridized carbons (Fsp3) is 0.367. The van der Waals surface area contributed by atoms with Crippen molar-refractivity contribution in [1.29, 1.82) is 0 Å². The third kappa shape index (κ3) is 6.75. The molecule has 1 aromatic heterocycles. The molecule has 1 atom stereocenters. The van der Waals surface area contributed by atoms with E-state index in [2.05, 4.69) is 60.9 Å². The topological polar surface area (TPSA) is 49.8 Å². The molecular formula is C30H33NO3S. The van der Waals surface area contributed by atoms with Crippen molar-refractivity contribution in [3.05, 3.63) is 86.6 Å². The summed E-state index contributed by atoms with van der Waals surface area (Å²) in [6, 6.07) is 18.6. The van der Waals surface area contributed by atoms with Crippen molar-refractivity contribution in [3.63, 3.8) is 0 Å². The summed E-state index contributed by atoms with van der Waals surface area (Å²) in [5.41, 5.74) is 4.84. The van der Waals surface area contributed by atoms with Gasteiger partial charge in [-0.05, 0) is 59.7 Å². The van der Waals surface area contributed by atoms with Gasteiger partial charge >= 0.3 is 5.97 Å². The van der Waals surface area contributed by atoms with Crippen molar-refractivity contribution < 1.29 is 14.6 Å². The second kappa shape index (κ2) is 11.6. The molecule has 0 fully saturated rings. The molecular weight excluding hydrogens is 454 g/mol. The molecule has 5 heteroatoms. The van der Waals surface area contributed by atoms with Gasteiger partial charge in [-0.15, -0.1) is 17.3 Å².